The number of nitrogens with one attached hydrogen (secondary N) is 1. The highest BCUT2D eigenvalue weighted by Crippen LogP contribution is 2.21. The van der Waals surface area contributed by atoms with Gasteiger partial charge in [-0.05, 0) is 55.3 Å². The van der Waals surface area contributed by atoms with Crippen LogP contribution in [-0.2, 0) is 4.74 Å². The number of benzene rings is 2. The van der Waals surface area contributed by atoms with Gasteiger partial charge in [0.25, 0.3) is 5.91 Å². The third-order valence-corrected chi connectivity index (χ3v) is 4.80. The molecular weight excluding hydrogens is 380 g/mol. The number of ether oxygens (including phenoxy) is 1. The SMILES string of the molecule is O=C(NCC1CCCO1)c1cc2ccc(O)cc2oc1=Nc1ccc(Cl)cc1. The molecule has 2 heterocycles. The van der Waals surface area contributed by atoms with Crippen molar-refractivity contribution in [3.63, 3.8) is 0 Å². The predicted molar refractivity (Wildman–Crippen MR) is 106 cm³/mol. The second-order valence-electron chi connectivity index (χ2n) is 6.62. The number of aromatic hydroxyl groups is 1. The zero-order valence-corrected chi connectivity index (χ0v) is 15.8. The molecule has 0 aliphatic carbocycles. The highest BCUT2D eigenvalue weighted by atomic mass is 35.5. The number of hydrogen-bond donors (Lipinski definition) is 2. The maximum absolute atomic E-state index is 12.8. The van der Waals surface area contributed by atoms with E-state index < -0.39 is 0 Å². The highest BCUT2D eigenvalue weighted by molar-refractivity contribution is 6.30. The smallest absolute Gasteiger partial charge is 0.256 e. The van der Waals surface area contributed by atoms with Gasteiger partial charge in [-0.15, -0.1) is 0 Å². The first-order chi connectivity index (χ1) is 13.6. The van der Waals surface area contributed by atoms with Gasteiger partial charge in [-0.1, -0.05) is 11.6 Å². The Morgan fingerprint density at radius 1 is 1.21 bits per heavy atom. The normalized spacial score (nSPS) is 17.2. The number of hydrogen-bond acceptors (Lipinski definition) is 5. The summed E-state index contributed by atoms with van der Waals surface area (Å²) in [5.74, 6) is -0.216. The number of phenols is 1. The van der Waals surface area contributed by atoms with E-state index in [1.165, 1.54) is 6.07 Å². The van der Waals surface area contributed by atoms with E-state index in [9.17, 15) is 9.90 Å². The standard InChI is InChI=1S/C21H19ClN2O4/c22-14-4-6-15(7-5-14)24-21-18(20(26)23-12-17-2-1-9-27-17)10-13-3-8-16(25)11-19(13)28-21/h3-8,10-11,17,25H,1-2,9,12H2,(H,23,26). The molecule has 1 aliphatic rings. The van der Waals surface area contributed by atoms with Crippen molar-refractivity contribution < 1.29 is 19.1 Å². The first-order valence-corrected chi connectivity index (χ1v) is 9.43. The van der Waals surface area contributed by atoms with E-state index in [1.54, 1.807) is 42.5 Å². The molecule has 0 radical (unpaired) electrons. The molecule has 0 spiro atoms. The topological polar surface area (TPSA) is 84.1 Å². The molecule has 0 saturated carbocycles. The number of nitrogens with zero attached hydrogens (tertiary/aromatic N) is 1. The molecule has 1 saturated heterocycles. The third kappa shape index (κ3) is 4.18. The number of fused-ring (bicyclic) bond motifs is 1. The van der Waals surface area contributed by atoms with E-state index in [4.69, 9.17) is 20.8 Å². The molecule has 1 unspecified atom stereocenters. The molecule has 7 heteroatoms. The lowest BCUT2D eigenvalue weighted by Gasteiger charge is -2.11. The van der Waals surface area contributed by atoms with Gasteiger partial charge < -0.3 is 19.6 Å². The fraction of sp³-hybridized carbons (Fsp3) is 0.238. The van der Waals surface area contributed by atoms with E-state index >= 15 is 0 Å². The molecule has 3 aromatic rings. The Kier molecular flexibility index (Phi) is 5.32. The fourth-order valence-electron chi connectivity index (χ4n) is 3.09. The van der Waals surface area contributed by atoms with Gasteiger partial charge in [-0.25, -0.2) is 4.99 Å². The van der Waals surface area contributed by atoms with Gasteiger partial charge in [0.05, 0.1) is 11.8 Å². The maximum atomic E-state index is 12.8. The summed E-state index contributed by atoms with van der Waals surface area (Å²) in [5.41, 5.74) is 1.50. The molecule has 28 heavy (non-hydrogen) atoms. The van der Waals surface area contributed by atoms with Crippen molar-refractivity contribution in [2.45, 2.75) is 18.9 Å². The van der Waals surface area contributed by atoms with Gasteiger partial charge in [0.1, 0.15) is 16.9 Å². The molecule has 1 fully saturated rings. The number of carbonyl (C=O) groups is 1. The average molecular weight is 399 g/mol. The second kappa shape index (κ2) is 8.04. The van der Waals surface area contributed by atoms with E-state index in [0.717, 1.165) is 19.4 Å². The van der Waals surface area contributed by atoms with Crippen molar-refractivity contribution in [3.05, 3.63) is 64.7 Å². The Balaban J connectivity index is 1.74. The van der Waals surface area contributed by atoms with Gasteiger partial charge in [-0.2, -0.15) is 0 Å². The largest absolute Gasteiger partial charge is 0.508 e. The monoisotopic (exact) mass is 398 g/mol. The summed E-state index contributed by atoms with van der Waals surface area (Å²) in [5, 5.41) is 13.9. The Hall–Kier alpha value is -2.83. The molecule has 1 aromatic heterocycles. The Bertz CT molecular complexity index is 1070. The average Bonchev–Trinajstić information content (AvgIpc) is 3.21. The lowest BCUT2D eigenvalue weighted by Crippen LogP contribution is -2.34. The summed E-state index contributed by atoms with van der Waals surface area (Å²) < 4.78 is 11.4. The second-order valence-corrected chi connectivity index (χ2v) is 7.06. The molecule has 144 valence electrons. The van der Waals surface area contributed by atoms with Crippen LogP contribution in [0.4, 0.5) is 5.69 Å². The van der Waals surface area contributed by atoms with Gasteiger partial charge in [0, 0.05) is 29.6 Å². The van der Waals surface area contributed by atoms with Crippen molar-refractivity contribution in [2.24, 2.45) is 4.99 Å². The first-order valence-electron chi connectivity index (χ1n) is 9.05. The number of carbonyl (C=O) groups excluding carboxylic acids is 1. The summed E-state index contributed by atoms with van der Waals surface area (Å²) in [6.07, 6.45) is 1.98. The van der Waals surface area contributed by atoms with Crippen LogP contribution in [0.5, 0.6) is 5.75 Å². The van der Waals surface area contributed by atoms with Crippen LogP contribution in [0.25, 0.3) is 11.0 Å². The molecule has 1 atom stereocenters. The van der Waals surface area contributed by atoms with Crippen molar-refractivity contribution in [1.29, 1.82) is 0 Å². The van der Waals surface area contributed by atoms with Gasteiger partial charge in [-0.3, -0.25) is 4.79 Å². The van der Waals surface area contributed by atoms with Crippen LogP contribution in [0, 0.1) is 0 Å². The zero-order valence-electron chi connectivity index (χ0n) is 15.0. The Morgan fingerprint density at radius 2 is 2.04 bits per heavy atom. The summed E-state index contributed by atoms with van der Waals surface area (Å²) in [4.78, 5) is 17.3. The lowest BCUT2D eigenvalue weighted by atomic mass is 10.1. The molecule has 2 N–H and O–H groups in total. The molecule has 1 amide bonds. The van der Waals surface area contributed by atoms with Crippen LogP contribution >= 0.6 is 11.6 Å². The quantitative estimate of drug-likeness (QED) is 0.697. The van der Waals surface area contributed by atoms with Crippen LogP contribution < -0.4 is 10.9 Å². The van der Waals surface area contributed by atoms with Crippen molar-refractivity contribution in [3.8, 4) is 5.75 Å². The number of rotatable bonds is 4. The Morgan fingerprint density at radius 3 is 2.79 bits per heavy atom. The van der Waals surface area contributed by atoms with Crippen LogP contribution in [0.3, 0.4) is 0 Å². The van der Waals surface area contributed by atoms with Crippen molar-refractivity contribution >= 4 is 34.2 Å². The van der Waals surface area contributed by atoms with E-state index in [2.05, 4.69) is 10.3 Å². The molecule has 1 aliphatic heterocycles. The molecule has 6 nitrogen and oxygen atoms in total. The molecular formula is C21H19ClN2O4. The molecule has 0 bridgehead atoms. The minimum Gasteiger partial charge on any atom is -0.508 e. The van der Waals surface area contributed by atoms with E-state index in [-0.39, 0.29) is 23.3 Å². The van der Waals surface area contributed by atoms with Gasteiger partial charge in [0.2, 0.25) is 5.55 Å². The summed E-state index contributed by atoms with van der Waals surface area (Å²) in [6.45, 7) is 1.17. The third-order valence-electron chi connectivity index (χ3n) is 4.55. The fourth-order valence-corrected chi connectivity index (χ4v) is 3.22. The minimum absolute atomic E-state index is 0.0370. The Labute approximate surface area is 166 Å². The first kappa shape index (κ1) is 18.5. The van der Waals surface area contributed by atoms with Crippen molar-refractivity contribution in [1.82, 2.24) is 5.32 Å². The summed E-state index contributed by atoms with van der Waals surface area (Å²) in [6, 6.07) is 13.3. The maximum Gasteiger partial charge on any atom is 0.256 e. The summed E-state index contributed by atoms with van der Waals surface area (Å²) in [7, 11) is 0. The number of phenolic OH excluding ortho intramolecular Hbond substituents is 1. The lowest BCUT2D eigenvalue weighted by molar-refractivity contribution is 0.0854. The number of amides is 1. The predicted octanol–water partition coefficient (Wildman–Crippen LogP) is 3.93. The van der Waals surface area contributed by atoms with Gasteiger partial charge in [0.15, 0.2) is 0 Å². The minimum atomic E-state index is -0.290. The zero-order chi connectivity index (χ0) is 19.5. The van der Waals surface area contributed by atoms with Gasteiger partial charge >= 0.3 is 0 Å². The molecule has 4 rings (SSSR count). The molecule has 2 aromatic carbocycles. The summed E-state index contributed by atoms with van der Waals surface area (Å²) >= 11 is 5.93. The number of halogens is 1. The van der Waals surface area contributed by atoms with Crippen LogP contribution in [-0.4, -0.2) is 30.3 Å². The van der Waals surface area contributed by atoms with E-state index in [1.807, 2.05) is 0 Å². The van der Waals surface area contributed by atoms with Crippen LogP contribution in [0.2, 0.25) is 5.02 Å². The van der Waals surface area contributed by atoms with Crippen LogP contribution in [0.1, 0.15) is 23.2 Å². The van der Waals surface area contributed by atoms with Crippen molar-refractivity contribution in [2.75, 3.05) is 13.2 Å². The van der Waals surface area contributed by atoms with Crippen LogP contribution in [0.15, 0.2) is 57.9 Å². The van der Waals surface area contributed by atoms with E-state index in [0.29, 0.717) is 33.8 Å². The highest BCUT2D eigenvalue weighted by Gasteiger charge is 2.18.